The van der Waals surface area contributed by atoms with Crippen LogP contribution in [0.3, 0.4) is 0 Å². The van der Waals surface area contributed by atoms with Crippen LogP contribution in [0.4, 0.5) is 0 Å². The summed E-state index contributed by atoms with van der Waals surface area (Å²) >= 11 is 6.00. The van der Waals surface area contributed by atoms with E-state index in [1.807, 2.05) is 24.3 Å². The highest BCUT2D eigenvalue weighted by Crippen LogP contribution is 2.36. The molecule has 0 amide bonds. The molecule has 0 spiro atoms. The van der Waals surface area contributed by atoms with E-state index in [9.17, 15) is 5.11 Å². The Morgan fingerprint density at radius 1 is 1.36 bits per heavy atom. The summed E-state index contributed by atoms with van der Waals surface area (Å²) in [6, 6.07) is 7.56. The van der Waals surface area contributed by atoms with Gasteiger partial charge < -0.3 is 5.11 Å². The summed E-state index contributed by atoms with van der Waals surface area (Å²) in [6.07, 6.45) is 4.33. The fourth-order valence-electron chi connectivity index (χ4n) is 1.92. The van der Waals surface area contributed by atoms with Crippen LogP contribution in [-0.2, 0) is 0 Å². The molecule has 2 heteroatoms. The number of halogens is 1. The maximum absolute atomic E-state index is 9.95. The Bertz CT molecular complexity index is 307. The lowest BCUT2D eigenvalue weighted by molar-refractivity contribution is 0.118. The van der Waals surface area contributed by atoms with Gasteiger partial charge in [0.1, 0.15) is 0 Å². The second kappa shape index (κ2) is 4.33. The summed E-state index contributed by atoms with van der Waals surface area (Å²) in [7, 11) is 0. The standard InChI is InChI=1S/C12H15ClO/c13-11-7-2-1-6-10(11)12(14)8-9-4-3-5-9/h1-2,6-7,9,12,14H,3-5,8H2. The summed E-state index contributed by atoms with van der Waals surface area (Å²) < 4.78 is 0. The fourth-order valence-corrected chi connectivity index (χ4v) is 2.18. The predicted octanol–water partition coefficient (Wildman–Crippen LogP) is 3.56. The smallest absolute Gasteiger partial charge is 0.0807 e. The zero-order chi connectivity index (χ0) is 9.97. The normalized spacial score (nSPS) is 19.0. The van der Waals surface area contributed by atoms with E-state index in [2.05, 4.69) is 0 Å². The minimum Gasteiger partial charge on any atom is -0.388 e. The summed E-state index contributed by atoms with van der Waals surface area (Å²) in [6.45, 7) is 0. The number of benzene rings is 1. The van der Waals surface area contributed by atoms with Gasteiger partial charge in [-0.05, 0) is 24.0 Å². The minimum absolute atomic E-state index is 0.381. The van der Waals surface area contributed by atoms with E-state index in [4.69, 9.17) is 11.6 Å². The zero-order valence-corrected chi connectivity index (χ0v) is 8.87. The van der Waals surface area contributed by atoms with Gasteiger partial charge in [0, 0.05) is 5.02 Å². The Hall–Kier alpha value is -0.530. The van der Waals surface area contributed by atoms with Gasteiger partial charge in [-0.2, -0.15) is 0 Å². The first kappa shape index (κ1) is 10.0. The van der Waals surface area contributed by atoms with Gasteiger partial charge in [0.15, 0.2) is 0 Å². The van der Waals surface area contributed by atoms with Crippen LogP contribution in [0.1, 0.15) is 37.4 Å². The van der Waals surface area contributed by atoms with Crippen molar-refractivity contribution < 1.29 is 5.11 Å². The molecular weight excluding hydrogens is 196 g/mol. The van der Waals surface area contributed by atoms with Crippen molar-refractivity contribution >= 4 is 11.6 Å². The molecule has 1 N–H and O–H groups in total. The average molecular weight is 211 g/mol. The van der Waals surface area contributed by atoms with Crippen molar-refractivity contribution in [2.75, 3.05) is 0 Å². The Labute approximate surface area is 89.7 Å². The first-order valence-corrected chi connectivity index (χ1v) is 5.57. The maximum atomic E-state index is 9.95. The molecule has 0 bridgehead atoms. The van der Waals surface area contributed by atoms with Gasteiger partial charge in [0.2, 0.25) is 0 Å². The van der Waals surface area contributed by atoms with Crippen LogP contribution < -0.4 is 0 Å². The Kier molecular flexibility index (Phi) is 3.09. The summed E-state index contributed by atoms with van der Waals surface area (Å²) in [5.74, 6) is 0.710. The van der Waals surface area contributed by atoms with Crippen molar-refractivity contribution in [3.05, 3.63) is 34.9 Å². The monoisotopic (exact) mass is 210 g/mol. The van der Waals surface area contributed by atoms with Crippen LogP contribution >= 0.6 is 11.6 Å². The molecule has 1 aliphatic carbocycles. The number of aliphatic hydroxyl groups excluding tert-OH is 1. The fraction of sp³-hybridized carbons (Fsp3) is 0.500. The molecule has 1 fully saturated rings. The number of hydrogen-bond acceptors (Lipinski definition) is 1. The molecule has 0 aliphatic heterocycles. The first-order valence-electron chi connectivity index (χ1n) is 5.20. The van der Waals surface area contributed by atoms with Gasteiger partial charge in [-0.25, -0.2) is 0 Å². The van der Waals surface area contributed by atoms with E-state index in [-0.39, 0.29) is 6.10 Å². The lowest BCUT2D eigenvalue weighted by Gasteiger charge is -2.27. The molecule has 1 unspecified atom stereocenters. The molecule has 2 rings (SSSR count). The van der Waals surface area contributed by atoms with E-state index in [0.29, 0.717) is 10.9 Å². The molecule has 1 atom stereocenters. The predicted molar refractivity (Wildman–Crippen MR) is 58.4 cm³/mol. The van der Waals surface area contributed by atoms with Gasteiger partial charge in [-0.15, -0.1) is 0 Å². The highest BCUT2D eigenvalue weighted by atomic mass is 35.5. The third kappa shape index (κ3) is 2.10. The second-order valence-electron chi connectivity index (χ2n) is 4.07. The SMILES string of the molecule is OC(CC1CCC1)c1ccccc1Cl. The van der Waals surface area contributed by atoms with Crippen LogP contribution in [0.15, 0.2) is 24.3 Å². The zero-order valence-electron chi connectivity index (χ0n) is 8.12. The molecule has 14 heavy (non-hydrogen) atoms. The number of rotatable bonds is 3. The molecule has 1 aromatic rings. The molecule has 0 saturated heterocycles. The molecule has 1 saturated carbocycles. The van der Waals surface area contributed by atoms with Crippen LogP contribution in [0.25, 0.3) is 0 Å². The third-order valence-corrected chi connectivity index (χ3v) is 3.39. The largest absolute Gasteiger partial charge is 0.388 e. The molecule has 76 valence electrons. The van der Waals surface area contributed by atoms with Crippen molar-refractivity contribution in [3.8, 4) is 0 Å². The highest BCUT2D eigenvalue weighted by molar-refractivity contribution is 6.31. The van der Waals surface area contributed by atoms with Gasteiger partial charge in [0.25, 0.3) is 0 Å². The van der Waals surface area contributed by atoms with E-state index in [0.717, 1.165) is 12.0 Å². The van der Waals surface area contributed by atoms with Gasteiger partial charge in [0.05, 0.1) is 6.10 Å². The van der Waals surface area contributed by atoms with E-state index in [1.54, 1.807) is 0 Å². The lowest BCUT2D eigenvalue weighted by atomic mass is 9.80. The van der Waals surface area contributed by atoms with Crippen LogP contribution in [-0.4, -0.2) is 5.11 Å². The molecular formula is C12H15ClO. The lowest BCUT2D eigenvalue weighted by Crippen LogP contribution is -2.15. The first-order chi connectivity index (χ1) is 6.77. The molecule has 0 aromatic heterocycles. The van der Waals surface area contributed by atoms with E-state index in [1.165, 1.54) is 19.3 Å². The third-order valence-electron chi connectivity index (χ3n) is 3.05. The van der Waals surface area contributed by atoms with Gasteiger partial charge in [-0.1, -0.05) is 49.1 Å². The summed E-state index contributed by atoms with van der Waals surface area (Å²) in [5, 5.41) is 10.6. The quantitative estimate of drug-likeness (QED) is 0.809. The van der Waals surface area contributed by atoms with Gasteiger partial charge >= 0.3 is 0 Å². The molecule has 0 heterocycles. The minimum atomic E-state index is -0.381. The second-order valence-corrected chi connectivity index (χ2v) is 4.48. The van der Waals surface area contributed by atoms with Crippen molar-refractivity contribution in [2.45, 2.75) is 31.8 Å². The van der Waals surface area contributed by atoms with E-state index >= 15 is 0 Å². The molecule has 1 nitrogen and oxygen atoms in total. The Balaban J connectivity index is 2.02. The Morgan fingerprint density at radius 3 is 2.64 bits per heavy atom. The average Bonchev–Trinajstić information content (AvgIpc) is 2.12. The molecule has 1 aromatic carbocycles. The van der Waals surface area contributed by atoms with Crippen LogP contribution in [0, 0.1) is 5.92 Å². The van der Waals surface area contributed by atoms with Crippen LogP contribution in [0.2, 0.25) is 5.02 Å². The number of aliphatic hydroxyl groups is 1. The topological polar surface area (TPSA) is 20.2 Å². The summed E-state index contributed by atoms with van der Waals surface area (Å²) in [4.78, 5) is 0. The van der Waals surface area contributed by atoms with Crippen molar-refractivity contribution in [1.29, 1.82) is 0 Å². The molecule has 0 radical (unpaired) electrons. The van der Waals surface area contributed by atoms with Crippen LogP contribution in [0.5, 0.6) is 0 Å². The maximum Gasteiger partial charge on any atom is 0.0807 e. The Morgan fingerprint density at radius 2 is 2.07 bits per heavy atom. The van der Waals surface area contributed by atoms with Crippen molar-refractivity contribution in [3.63, 3.8) is 0 Å². The van der Waals surface area contributed by atoms with Crippen molar-refractivity contribution in [1.82, 2.24) is 0 Å². The van der Waals surface area contributed by atoms with Gasteiger partial charge in [-0.3, -0.25) is 0 Å². The highest BCUT2D eigenvalue weighted by Gasteiger charge is 2.22. The molecule has 1 aliphatic rings. The number of hydrogen-bond donors (Lipinski definition) is 1. The summed E-state index contributed by atoms with van der Waals surface area (Å²) in [5.41, 5.74) is 0.876. The van der Waals surface area contributed by atoms with Crippen molar-refractivity contribution in [2.24, 2.45) is 5.92 Å². The van der Waals surface area contributed by atoms with E-state index < -0.39 is 0 Å².